The van der Waals surface area contributed by atoms with Gasteiger partial charge in [-0.05, 0) is 38.5 Å². The third-order valence-electron chi connectivity index (χ3n) is 3.79. The SMILES string of the molecule is CCCN(C1CCC(N)CC1)S(=O)(=O)C(C#N)CC. The first-order valence-electron chi connectivity index (χ1n) is 7.13. The van der Waals surface area contributed by atoms with Crippen LogP contribution in [0.25, 0.3) is 0 Å². The van der Waals surface area contributed by atoms with Crippen molar-refractivity contribution < 1.29 is 8.42 Å². The van der Waals surface area contributed by atoms with Crippen LogP contribution < -0.4 is 5.73 Å². The summed E-state index contributed by atoms with van der Waals surface area (Å²) in [5.74, 6) is 0. The van der Waals surface area contributed by atoms with Gasteiger partial charge in [-0.1, -0.05) is 13.8 Å². The Bertz CT molecular complexity index is 408. The fourth-order valence-electron chi connectivity index (χ4n) is 2.66. The Kier molecular flexibility index (Phi) is 6.24. The van der Waals surface area contributed by atoms with Crippen LogP contribution in [0.15, 0.2) is 0 Å². The van der Waals surface area contributed by atoms with Crippen LogP contribution in [0.4, 0.5) is 0 Å². The van der Waals surface area contributed by atoms with Gasteiger partial charge in [0, 0.05) is 18.6 Å². The van der Waals surface area contributed by atoms with Crippen molar-refractivity contribution in [3.8, 4) is 6.07 Å². The molecular formula is C13H25N3O2S. The zero-order chi connectivity index (χ0) is 14.5. The zero-order valence-electron chi connectivity index (χ0n) is 11.9. The average molecular weight is 287 g/mol. The molecule has 6 heteroatoms. The van der Waals surface area contributed by atoms with Crippen molar-refractivity contribution in [2.75, 3.05) is 6.54 Å². The minimum atomic E-state index is -3.51. The molecule has 0 aromatic heterocycles. The lowest BCUT2D eigenvalue weighted by atomic mass is 9.92. The number of nitriles is 1. The Morgan fingerprint density at radius 2 is 1.89 bits per heavy atom. The second-order valence-corrected chi connectivity index (χ2v) is 7.32. The fraction of sp³-hybridized carbons (Fsp3) is 0.923. The first-order chi connectivity index (χ1) is 8.97. The van der Waals surface area contributed by atoms with Crippen molar-refractivity contribution >= 4 is 10.0 Å². The van der Waals surface area contributed by atoms with Crippen LogP contribution in [0, 0.1) is 11.3 Å². The molecule has 0 bridgehead atoms. The van der Waals surface area contributed by atoms with Gasteiger partial charge in [0.25, 0.3) is 0 Å². The highest BCUT2D eigenvalue weighted by Gasteiger charge is 2.36. The van der Waals surface area contributed by atoms with Crippen LogP contribution in [0.1, 0.15) is 52.4 Å². The molecule has 0 saturated heterocycles. The molecule has 0 aromatic carbocycles. The number of sulfonamides is 1. The lowest BCUT2D eigenvalue weighted by Gasteiger charge is -2.36. The summed E-state index contributed by atoms with van der Waals surface area (Å²) in [6, 6.07) is 2.14. The number of hydrogen-bond donors (Lipinski definition) is 1. The molecule has 1 saturated carbocycles. The van der Waals surface area contributed by atoms with Crippen LogP contribution >= 0.6 is 0 Å². The number of rotatable bonds is 6. The number of nitrogens with two attached hydrogens (primary N) is 1. The largest absolute Gasteiger partial charge is 0.328 e. The summed E-state index contributed by atoms with van der Waals surface area (Å²) in [4.78, 5) is 0. The minimum absolute atomic E-state index is 0.0205. The highest BCUT2D eigenvalue weighted by molar-refractivity contribution is 7.90. The van der Waals surface area contributed by atoms with E-state index in [1.165, 1.54) is 0 Å². The summed E-state index contributed by atoms with van der Waals surface area (Å²) in [5.41, 5.74) is 5.87. The van der Waals surface area contributed by atoms with E-state index >= 15 is 0 Å². The monoisotopic (exact) mass is 287 g/mol. The first-order valence-corrected chi connectivity index (χ1v) is 8.63. The highest BCUT2D eigenvalue weighted by Crippen LogP contribution is 2.26. The van der Waals surface area contributed by atoms with Gasteiger partial charge in [0.15, 0.2) is 5.25 Å². The minimum Gasteiger partial charge on any atom is -0.328 e. The normalized spacial score (nSPS) is 26.1. The maximum atomic E-state index is 12.5. The average Bonchev–Trinajstić information content (AvgIpc) is 2.38. The van der Waals surface area contributed by atoms with E-state index in [1.807, 2.05) is 13.0 Å². The molecule has 2 N–H and O–H groups in total. The van der Waals surface area contributed by atoms with Gasteiger partial charge in [0.2, 0.25) is 10.0 Å². The predicted octanol–water partition coefficient (Wildman–Crippen LogP) is 1.60. The second kappa shape index (κ2) is 7.22. The summed E-state index contributed by atoms with van der Waals surface area (Å²) in [5, 5.41) is 8.12. The van der Waals surface area contributed by atoms with E-state index in [9.17, 15) is 8.42 Å². The summed E-state index contributed by atoms with van der Waals surface area (Å²) in [7, 11) is -3.51. The molecule has 1 aliphatic rings. The standard InChI is InChI=1S/C13H25N3O2S/c1-3-9-16(12-7-5-11(15)6-8-12)19(17,18)13(4-2)10-14/h11-13H,3-9,15H2,1-2H3. The van der Waals surface area contributed by atoms with E-state index in [4.69, 9.17) is 11.0 Å². The van der Waals surface area contributed by atoms with Crippen LogP contribution in [0.2, 0.25) is 0 Å². The molecule has 0 heterocycles. The van der Waals surface area contributed by atoms with Gasteiger partial charge in [-0.3, -0.25) is 0 Å². The van der Waals surface area contributed by atoms with Crippen LogP contribution in [-0.4, -0.2) is 36.6 Å². The maximum absolute atomic E-state index is 12.5. The van der Waals surface area contributed by atoms with Gasteiger partial charge in [0.1, 0.15) is 0 Å². The lowest BCUT2D eigenvalue weighted by molar-refractivity contribution is 0.239. The van der Waals surface area contributed by atoms with Crippen LogP contribution in [-0.2, 0) is 10.0 Å². The van der Waals surface area contributed by atoms with Crippen molar-refractivity contribution in [1.29, 1.82) is 5.26 Å². The van der Waals surface area contributed by atoms with E-state index in [0.29, 0.717) is 13.0 Å². The third kappa shape index (κ3) is 3.91. The Labute approximate surface area is 116 Å². The molecule has 0 spiro atoms. The summed E-state index contributed by atoms with van der Waals surface area (Å²) >= 11 is 0. The molecule has 1 fully saturated rings. The van der Waals surface area contributed by atoms with E-state index in [-0.39, 0.29) is 12.1 Å². The zero-order valence-corrected chi connectivity index (χ0v) is 12.7. The van der Waals surface area contributed by atoms with E-state index in [0.717, 1.165) is 32.1 Å². The Balaban J connectivity index is 2.91. The van der Waals surface area contributed by atoms with E-state index < -0.39 is 15.3 Å². The van der Waals surface area contributed by atoms with Gasteiger partial charge in [0.05, 0.1) is 6.07 Å². The predicted molar refractivity (Wildman–Crippen MR) is 75.8 cm³/mol. The number of nitrogens with zero attached hydrogens (tertiary/aromatic N) is 2. The van der Waals surface area contributed by atoms with Crippen molar-refractivity contribution in [2.45, 2.75) is 69.7 Å². The molecule has 1 aliphatic carbocycles. The van der Waals surface area contributed by atoms with E-state index in [2.05, 4.69) is 0 Å². The van der Waals surface area contributed by atoms with E-state index in [1.54, 1.807) is 11.2 Å². The van der Waals surface area contributed by atoms with Crippen LogP contribution in [0.5, 0.6) is 0 Å². The first kappa shape index (κ1) is 16.4. The summed E-state index contributed by atoms with van der Waals surface area (Å²) < 4.78 is 26.6. The van der Waals surface area contributed by atoms with Crippen molar-refractivity contribution in [3.63, 3.8) is 0 Å². The van der Waals surface area contributed by atoms with Gasteiger partial charge in [-0.15, -0.1) is 0 Å². The van der Waals surface area contributed by atoms with Crippen LogP contribution in [0.3, 0.4) is 0 Å². The second-order valence-electron chi connectivity index (χ2n) is 5.25. The maximum Gasteiger partial charge on any atom is 0.230 e. The quantitative estimate of drug-likeness (QED) is 0.803. The van der Waals surface area contributed by atoms with Crippen molar-refractivity contribution in [2.24, 2.45) is 5.73 Å². The molecule has 5 nitrogen and oxygen atoms in total. The molecule has 0 aliphatic heterocycles. The summed E-state index contributed by atoms with van der Waals surface area (Å²) in [6.45, 7) is 4.21. The number of hydrogen-bond acceptors (Lipinski definition) is 4. The Morgan fingerprint density at radius 3 is 2.32 bits per heavy atom. The Morgan fingerprint density at radius 1 is 1.32 bits per heavy atom. The summed E-state index contributed by atoms with van der Waals surface area (Å²) in [6.07, 6.45) is 4.45. The molecule has 1 rings (SSSR count). The molecule has 0 radical (unpaired) electrons. The molecule has 0 amide bonds. The van der Waals surface area contributed by atoms with Gasteiger partial charge in [-0.25, -0.2) is 8.42 Å². The van der Waals surface area contributed by atoms with Crippen molar-refractivity contribution in [3.05, 3.63) is 0 Å². The van der Waals surface area contributed by atoms with Gasteiger partial charge < -0.3 is 5.73 Å². The fourth-order valence-corrected chi connectivity index (χ4v) is 4.60. The molecule has 19 heavy (non-hydrogen) atoms. The Hall–Kier alpha value is -0.640. The molecule has 1 unspecified atom stereocenters. The van der Waals surface area contributed by atoms with Gasteiger partial charge in [-0.2, -0.15) is 9.57 Å². The molecule has 1 atom stereocenters. The third-order valence-corrected chi connectivity index (χ3v) is 6.09. The molecule has 0 aromatic rings. The molecular weight excluding hydrogens is 262 g/mol. The smallest absolute Gasteiger partial charge is 0.230 e. The van der Waals surface area contributed by atoms with Crippen molar-refractivity contribution in [1.82, 2.24) is 4.31 Å². The highest BCUT2D eigenvalue weighted by atomic mass is 32.2. The molecule has 110 valence electrons. The topological polar surface area (TPSA) is 87.2 Å². The van der Waals surface area contributed by atoms with Gasteiger partial charge >= 0.3 is 0 Å². The lowest BCUT2D eigenvalue weighted by Crippen LogP contribution is -2.47.